The molecule has 1 heterocycles. The normalized spacial score (nSPS) is 11.5. The number of fused-ring (bicyclic) bond motifs is 1. The molecule has 0 saturated heterocycles. The molecule has 0 saturated carbocycles. The second kappa shape index (κ2) is 7.57. The summed E-state index contributed by atoms with van der Waals surface area (Å²) in [6.45, 7) is 0. The van der Waals surface area contributed by atoms with E-state index in [9.17, 15) is 23.1 Å². The fourth-order valence-electron chi connectivity index (χ4n) is 2.85. The highest BCUT2D eigenvalue weighted by molar-refractivity contribution is 7.81. The van der Waals surface area contributed by atoms with Crippen LogP contribution < -0.4 is 15.2 Å². The number of hydrogen-bond acceptors (Lipinski definition) is 4. The first-order chi connectivity index (χ1) is 13.5. The van der Waals surface area contributed by atoms with Gasteiger partial charge in [0.25, 0.3) is 5.56 Å². The number of aromatic nitrogens is 1. The molecule has 0 aliphatic heterocycles. The van der Waals surface area contributed by atoms with Crippen LogP contribution in [0.4, 0.5) is 18.9 Å². The Morgan fingerprint density at radius 3 is 2.41 bits per heavy atom. The summed E-state index contributed by atoms with van der Waals surface area (Å²) >= 11 is 11.3. The first kappa shape index (κ1) is 20.9. The Morgan fingerprint density at radius 2 is 1.83 bits per heavy atom. The summed E-state index contributed by atoms with van der Waals surface area (Å²) in [6, 6.07) is 9.94. The zero-order valence-corrected chi connectivity index (χ0v) is 16.7. The first-order valence-corrected chi connectivity index (χ1v) is 8.93. The molecule has 0 aliphatic rings. The van der Waals surface area contributed by atoms with Crippen molar-refractivity contribution in [3.8, 4) is 11.5 Å². The lowest BCUT2D eigenvalue weighted by Crippen LogP contribution is -2.33. The van der Waals surface area contributed by atoms with E-state index in [1.165, 1.54) is 22.6 Å². The molecule has 0 unspecified atom stereocenters. The number of halogens is 4. The van der Waals surface area contributed by atoms with E-state index in [1.54, 1.807) is 31.3 Å². The van der Waals surface area contributed by atoms with Crippen LogP contribution in [0.2, 0.25) is 5.02 Å². The summed E-state index contributed by atoms with van der Waals surface area (Å²) in [5.74, 6) is -1.05. The number of alkyl halides is 3. The molecule has 1 aromatic heterocycles. The molecule has 0 bridgehead atoms. The van der Waals surface area contributed by atoms with Gasteiger partial charge in [-0.15, -0.1) is 13.2 Å². The van der Waals surface area contributed by atoms with Gasteiger partial charge in [0.15, 0.2) is 0 Å². The molecule has 10 heteroatoms. The Hall–Kier alpha value is -2.78. The molecule has 5 nitrogen and oxygen atoms in total. The Bertz CT molecular complexity index is 1160. The summed E-state index contributed by atoms with van der Waals surface area (Å²) in [6.07, 6.45) is -4.89. The topological polar surface area (TPSA) is 54.7 Å². The van der Waals surface area contributed by atoms with E-state index in [4.69, 9.17) is 23.8 Å². The summed E-state index contributed by atoms with van der Waals surface area (Å²) < 4.78 is 42.7. The molecule has 0 amide bonds. The number of aromatic hydroxyl groups is 1. The second-order valence-corrected chi connectivity index (χ2v) is 6.98. The number of ether oxygens (including phenoxy) is 1. The second-order valence-electron chi connectivity index (χ2n) is 6.16. The average Bonchev–Trinajstić information content (AvgIpc) is 2.65. The number of hydrogen-bond donors (Lipinski definition) is 1. The third kappa shape index (κ3) is 4.15. The van der Waals surface area contributed by atoms with Gasteiger partial charge in [0.1, 0.15) is 22.1 Å². The van der Waals surface area contributed by atoms with E-state index in [-0.39, 0.29) is 21.5 Å². The predicted molar refractivity (Wildman–Crippen MR) is 109 cm³/mol. The van der Waals surface area contributed by atoms with Crippen LogP contribution in [0.5, 0.6) is 11.5 Å². The fraction of sp³-hybridized carbons (Fsp3) is 0.158. The van der Waals surface area contributed by atoms with Crippen molar-refractivity contribution in [1.82, 2.24) is 4.57 Å². The van der Waals surface area contributed by atoms with E-state index in [1.807, 2.05) is 0 Å². The van der Waals surface area contributed by atoms with Gasteiger partial charge in [0, 0.05) is 30.2 Å². The standard InChI is InChI=1S/C19H14ClF3N2O3S/c1-24(11-5-3-10(20)4-6-11)18(29)15-16(26)13-9-12(28-19(21,22)23)7-8-14(13)25(2)17(15)27/h3-9,26H,1-2H3. The summed E-state index contributed by atoms with van der Waals surface area (Å²) in [5.41, 5.74) is 0.0275. The SMILES string of the molecule is CN(C(=S)c1c(O)c2cc(OC(F)(F)F)ccc2n(C)c1=O)c1ccc(Cl)cc1. The van der Waals surface area contributed by atoms with Crippen LogP contribution in [-0.4, -0.2) is 28.1 Å². The van der Waals surface area contributed by atoms with Crippen LogP contribution in [0.3, 0.4) is 0 Å². The third-order valence-electron chi connectivity index (χ3n) is 4.31. The molecule has 0 fully saturated rings. The van der Waals surface area contributed by atoms with Crippen molar-refractivity contribution in [3.05, 3.63) is 63.4 Å². The average molecular weight is 443 g/mol. The molecule has 2 aromatic carbocycles. The summed E-state index contributed by atoms with van der Waals surface area (Å²) in [4.78, 5) is 14.3. The van der Waals surface area contributed by atoms with Crippen molar-refractivity contribution >= 4 is 45.4 Å². The number of thiocarbonyl (C=S) groups is 1. The zero-order chi connectivity index (χ0) is 21.5. The number of benzene rings is 2. The minimum Gasteiger partial charge on any atom is -0.506 e. The van der Waals surface area contributed by atoms with Crippen LogP contribution in [-0.2, 0) is 7.05 Å². The van der Waals surface area contributed by atoms with Gasteiger partial charge in [0.05, 0.1) is 5.52 Å². The predicted octanol–water partition coefficient (Wildman–Crippen LogP) is 4.61. The number of anilines is 1. The monoisotopic (exact) mass is 442 g/mol. The molecule has 0 radical (unpaired) electrons. The fourth-order valence-corrected chi connectivity index (χ4v) is 3.27. The highest BCUT2D eigenvalue weighted by Gasteiger charge is 2.31. The Balaban J connectivity index is 2.15. The lowest BCUT2D eigenvalue weighted by atomic mass is 10.1. The molecule has 29 heavy (non-hydrogen) atoms. The molecular formula is C19H14ClF3N2O3S. The molecular weight excluding hydrogens is 429 g/mol. The highest BCUT2D eigenvalue weighted by atomic mass is 35.5. The number of nitrogens with zero attached hydrogens (tertiary/aromatic N) is 2. The zero-order valence-electron chi connectivity index (χ0n) is 15.1. The highest BCUT2D eigenvalue weighted by Crippen LogP contribution is 2.33. The quantitative estimate of drug-likeness (QED) is 0.600. The van der Waals surface area contributed by atoms with E-state index in [0.29, 0.717) is 10.7 Å². The number of aryl methyl sites for hydroxylation is 1. The molecule has 1 N–H and O–H groups in total. The van der Waals surface area contributed by atoms with Crippen LogP contribution in [0.25, 0.3) is 10.9 Å². The smallest absolute Gasteiger partial charge is 0.506 e. The minimum absolute atomic E-state index is 0.00398. The molecule has 0 atom stereocenters. The van der Waals surface area contributed by atoms with Gasteiger partial charge in [-0.2, -0.15) is 0 Å². The van der Waals surface area contributed by atoms with Crippen molar-refractivity contribution in [3.63, 3.8) is 0 Å². The van der Waals surface area contributed by atoms with E-state index < -0.39 is 23.4 Å². The van der Waals surface area contributed by atoms with Gasteiger partial charge in [-0.1, -0.05) is 23.8 Å². The maximum absolute atomic E-state index is 12.8. The lowest BCUT2D eigenvalue weighted by molar-refractivity contribution is -0.274. The molecule has 0 aliphatic carbocycles. The maximum Gasteiger partial charge on any atom is 0.573 e. The van der Waals surface area contributed by atoms with Crippen molar-refractivity contribution in [2.24, 2.45) is 7.05 Å². The largest absolute Gasteiger partial charge is 0.573 e. The maximum atomic E-state index is 12.8. The summed E-state index contributed by atoms with van der Waals surface area (Å²) in [5, 5.41) is 11.2. The number of pyridine rings is 1. The molecule has 3 aromatic rings. The van der Waals surface area contributed by atoms with Crippen molar-refractivity contribution < 1.29 is 23.0 Å². The van der Waals surface area contributed by atoms with Gasteiger partial charge >= 0.3 is 6.36 Å². The van der Waals surface area contributed by atoms with E-state index >= 15 is 0 Å². The van der Waals surface area contributed by atoms with Crippen molar-refractivity contribution in [1.29, 1.82) is 0 Å². The van der Waals surface area contributed by atoms with Crippen molar-refractivity contribution in [2.75, 3.05) is 11.9 Å². The van der Waals surface area contributed by atoms with Crippen LogP contribution in [0.1, 0.15) is 5.56 Å². The minimum atomic E-state index is -4.89. The lowest BCUT2D eigenvalue weighted by Gasteiger charge is -2.22. The van der Waals surface area contributed by atoms with Crippen molar-refractivity contribution in [2.45, 2.75) is 6.36 Å². The Kier molecular flexibility index (Phi) is 5.46. The van der Waals surface area contributed by atoms with E-state index in [0.717, 1.165) is 12.1 Å². The summed E-state index contributed by atoms with van der Waals surface area (Å²) in [7, 11) is 3.03. The Morgan fingerprint density at radius 1 is 1.21 bits per heavy atom. The van der Waals surface area contributed by atoms with Crippen LogP contribution >= 0.6 is 23.8 Å². The van der Waals surface area contributed by atoms with Gasteiger partial charge in [-0.3, -0.25) is 4.79 Å². The van der Waals surface area contributed by atoms with Crippen LogP contribution in [0.15, 0.2) is 47.3 Å². The Labute approximate surface area is 173 Å². The van der Waals surface area contributed by atoms with Gasteiger partial charge < -0.3 is 19.3 Å². The van der Waals surface area contributed by atoms with Gasteiger partial charge in [-0.25, -0.2) is 0 Å². The van der Waals surface area contributed by atoms with Gasteiger partial charge in [0.2, 0.25) is 0 Å². The van der Waals surface area contributed by atoms with Gasteiger partial charge in [-0.05, 0) is 42.5 Å². The molecule has 0 spiro atoms. The molecule has 3 rings (SSSR count). The number of rotatable bonds is 3. The third-order valence-corrected chi connectivity index (χ3v) is 5.04. The van der Waals surface area contributed by atoms with E-state index in [2.05, 4.69) is 4.74 Å². The molecule has 152 valence electrons. The first-order valence-electron chi connectivity index (χ1n) is 8.14. The van der Waals surface area contributed by atoms with Crippen LogP contribution in [0, 0.1) is 0 Å².